The zero-order chi connectivity index (χ0) is 24.8. The molecule has 35 heavy (non-hydrogen) atoms. The van der Waals surface area contributed by atoms with E-state index < -0.39 is 0 Å². The molecule has 1 aliphatic heterocycles. The molecule has 1 amide bonds. The summed E-state index contributed by atoms with van der Waals surface area (Å²) in [4.78, 5) is 19.7. The van der Waals surface area contributed by atoms with Crippen LogP contribution in [0, 0.1) is 5.82 Å². The maximum absolute atomic E-state index is 13.2. The Labute approximate surface area is 213 Å². The highest BCUT2D eigenvalue weighted by Crippen LogP contribution is 2.36. The number of amidine groups is 1. The quantitative estimate of drug-likeness (QED) is 0.304. The Morgan fingerprint density at radius 3 is 2.51 bits per heavy atom. The number of nitrogens with zero attached hydrogens (tertiary/aromatic N) is 2. The van der Waals surface area contributed by atoms with Gasteiger partial charge in [0.25, 0.3) is 5.91 Å². The first-order chi connectivity index (χ1) is 17.0. The van der Waals surface area contributed by atoms with E-state index in [0.717, 1.165) is 11.1 Å². The number of hydrogen-bond acceptors (Lipinski definition) is 5. The lowest BCUT2D eigenvalue weighted by molar-refractivity contribution is -0.122. The molecule has 0 spiro atoms. The van der Waals surface area contributed by atoms with Crippen LogP contribution in [-0.2, 0) is 11.4 Å². The molecule has 0 bridgehead atoms. The van der Waals surface area contributed by atoms with Gasteiger partial charge < -0.3 is 9.47 Å². The topological polar surface area (TPSA) is 51.1 Å². The normalized spacial score (nSPS) is 15.8. The van der Waals surface area contributed by atoms with E-state index >= 15 is 0 Å². The molecule has 5 nitrogen and oxygen atoms in total. The minimum absolute atomic E-state index is 0.129. The van der Waals surface area contributed by atoms with E-state index in [4.69, 9.17) is 21.1 Å². The van der Waals surface area contributed by atoms with Crippen molar-refractivity contribution in [1.29, 1.82) is 0 Å². The first-order valence-electron chi connectivity index (χ1n) is 11.2. The molecule has 1 heterocycles. The zero-order valence-electron chi connectivity index (χ0n) is 19.3. The number of likely N-dealkylation sites (N-methyl/N-ethyl adjacent to an activating group) is 1. The highest BCUT2D eigenvalue weighted by Gasteiger charge is 2.32. The second kappa shape index (κ2) is 11.4. The lowest BCUT2D eigenvalue weighted by atomic mass is 10.1. The van der Waals surface area contributed by atoms with Crippen molar-refractivity contribution >= 4 is 46.2 Å². The number of hydrogen-bond donors (Lipinski definition) is 0. The molecule has 0 aromatic heterocycles. The van der Waals surface area contributed by atoms with Crippen LogP contribution in [0.1, 0.15) is 25.0 Å². The van der Waals surface area contributed by atoms with Gasteiger partial charge in [-0.3, -0.25) is 9.69 Å². The van der Waals surface area contributed by atoms with Crippen molar-refractivity contribution in [3.8, 4) is 11.5 Å². The molecule has 3 aromatic carbocycles. The largest absolute Gasteiger partial charge is 0.490 e. The minimum atomic E-state index is -0.332. The predicted molar refractivity (Wildman–Crippen MR) is 140 cm³/mol. The Morgan fingerprint density at radius 2 is 1.80 bits per heavy atom. The lowest BCUT2D eigenvalue weighted by Crippen LogP contribution is -2.28. The van der Waals surface area contributed by atoms with Crippen LogP contribution in [-0.4, -0.2) is 29.1 Å². The number of amides is 1. The summed E-state index contributed by atoms with van der Waals surface area (Å²) in [5.74, 6) is 0.710. The van der Waals surface area contributed by atoms with E-state index in [1.54, 1.807) is 17.0 Å². The number of aliphatic imine (C=N–C) groups is 1. The highest BCUT2D eigenvalue weighted by atomic mass is 35.5. The first-order valence-corrected chi connectivity index (χ1v) is 12.4. The molecular weight excluding hydrogens is 487 g/mol. The SMILES string of the molecule is CCOc1cc(/C=C2/SC(=Nc3ccc(F)cc3)N(CC)C2=O)ccc1OCc1ccccc1Cl. The maximum Gasteiger partial charge on any atom is 0.266 e. The van der Waals surface area contributed by atoms with Crippen molar-refractivity contribution in [3.05, 3.63) is 93.6 Å². The molecular formula is C27H24ClFN2O3S. The summed E-state index contributed by atoms with van der Waals surface area (Å²) in [7, 11) is 0. The van der Waals surface area contributed by atoms with Gasteiger partial charge in [-0.05, 0) is 79.7 Å². The maximum atomic E-state index is 13.2. The smallest absolute Gasteiger partial charge is 0.266 e. The molecule has 0 saturated carbocycles. The van der Waals surface area contributed by atoms with Gasteiger partial charge >= 0.3 is 0 Å². The average Bonchev–Trinajstić information content (AvgIpc) is 3.14. The minimum Gasteiger partial charge on any atom is -0.490 e. The number of thioether (sulfide) groups is 1. The predicted octanol–water partition coefficient (Wildman–Crippen LogP) is 7.08. The van der Waals surface area contributed by atoms with Gasteiger partial charge in [0.15, 0.2) is 16.7 Å². The van der Waals surface area contributed by atoms with Gasteiger partial charge in [0.05, 0.1) is 17.2 Å². The van der Waals surface area contributed by atoms with Crippen molar-refractivity contribution in [1.82, 2.24) is 4.90 Å². The van der Waals surface area contributed by atoms with Crippen LogP contribution in [0.2, 0.25) is 5.02 Å². The van der Waals surface area contributed by atoms with Crippen molar-refractivity contribution in [3.63, 3.8) is 0 Å². The average molecular weight is 511 g/mol. The van der Waals surface area contributed by atoms with E-state index in [1.807, 2.05) is 62.4 Å². The van der Waals surface area contributed by atoms with Crippen LogP contribution in [0.25, 0.3) is 6.08 Å². The second-order valence-electron chi connectivity index (χ2n) is 7.55. The van der Waals surface area contributed by atoms with Crippen LogP contribution >= 0.6 is 23.4 Å². The fraction of sp³-hybridized carbons (Fsp3) is 0.185. The Kier molecular flexibility index (Phi) is 8.10. The Morgan fingerprint density at radius 1 is 1.03 bits per heavy atom. The fourth-order valence-electron chi connectivity index (χ4n) is 3.42. The van der Waals surface area contributed by atoms with Gasteiger partial charge in [-0.2, -0.15) is 0 Å². The molecule has 3 aromatic rings. The molecule has 1 fully saturated rings. The number of carbonyl (C=O) groups excluding carboxylic acids is 1. The van der Waals surface area contributed by atoms with E-state index in [9.17, 15) is 9.18 Å². The second-order valence-corrected chi connectivity index (χ2v) is 8.97. The summed E-state index contributed by atoms with van der Waals surface area (Å²) >= 11 is 7.52. The number of benzene rings is 3. The van der Waals surface area contributed by atoms with E-state index in [1.165, 1.54) is 23.9 Å². The molecule has 1 saturated heterocycles. The monoisotopic (exact) mass is 510 g/mol. The third-order valence-corrected chi connectivity index (χ3v) is 6.54. The van der Waals surface area contributed by atoms with E-state index in [-0.39, 0.29) is 11.7 Å². The summed E-state index contributed by atoms with van der Waals surface area (Å²) in [5, 5.41) is 1.20. The van der Waals surface area contributed by atoms with E-state index in [2.05, 4.69) is 4.99 Å². The van der Waals surface area contributed by atoms with Gasteiger partial charge in [-0.25, -0.2) is 9.38 Å². The summed E-state index contributed by atoms with van der Waals surface area (Å²) in [6.07, 6.45) is 1.81. The van der Waals surface area contributed by atoms with Crippen molar-refractivity contribution < 1.29 is 18.7 Å². The van der Waals surface area contributed by atoms with Gasteiger partial charge in [0, 0.05) is 17.1 Å². The van der Waals surface area contributed by atoms with Gasteiger partial charge in [-0.15, -0.1) is 0 Å². The summed E-state index contributed by atoms with van der Waals surface area (Å²) < 4.78 is 25.0. The standard InChI is InChI=1S/C27H24ClFN2O3S/c1-3-31-26(32)25(35-27(31)30-21-12-10-20(29)11-13-21)16-18-9-14-23(24(15-18)33-4-2)34-17-19-7-5-6-8-22(19)28/h5-16H,3-4,17H2,1-2H3/b25-16+,30-27?. The number of carbonyl (C=O) groups is 1. The Balaban J connectivity index is 1.57. The van der Waals surface area contributed by atoms with Gasteiger partial charge in [-0.1, -0.05) is 35.9 Å². The van der Waals surface area contributed by atoms with Crippen LogP contribution in [0.3, 0.4) is 0 Å². The number of rotatable bonds is 8. The van der Waals surface area contributed by atoms with Crippen molar-refractivity contribution in [2.24, 2.45) is 4.99 Å². The molecule has 0 unspecified atom stereocenters. The van der Waals surface area contributed by atoms with Gasteiger partial charge in [0.2, 0.25) is 0 Å². The lowest BCUT2D eigenvalue weighted by Gasteiger charge is -2.13. The molecule has 0 aliphatic carbocycles. The Hall–Kier alpha value is -3.29. The highest BCUT2D eigenvalue weighted by molar-refractivity contribution is 8.18. The third-order valence-electron chi connectivity index (χ3n) is 5.16. The van der Waals surface area contributed by atoms with Crippen molar-refractivity contribution in [2.45, 2.75) is 20.5 Å². The first kappa shape index (κ1) is 24.8. The van der Waals surface area contributed by atoms with E-state index in [0.29, 0.717) is 52.0 Å². The molecule has 4 rings (SSSR count). The summed E-state index contributed by atoms with van der Waals surface area (Å²) in [6.45, 7) is 5.04. The molecule has 0 N–H and O–H groups in total. The molecule has 1 aliphatic rings. The van der Waals surface area contributed by atoms with Crippen LogP contribution in [0.4, 0.5) is 10.1 Å². The number of ether oxygens (including phenoxy) is 2. The van der Waals surface area contributed by atoms with Crippen LogP contribution in [0.5, 0.6) is 11.5 Å². The molecule has 0 radical (unpaired) electrons. The molecule has 180 valence electrons. The van der Waals surface area contributed by atoms with Crippen molar-refractivity contribution in [2.75, 3.05) is 13.2 Å². The fourth-order valence-corrected chi connectivity index (χ4v) is 4.67. The van der Waals surface area contributed by atoms with Gasteiger partial charge in [0.1, 0.15) is 12.4 Å². The summed E-state index contributed by atoms with van der Waals surface area (Å²) in [5.41, 5.74) is 2.26. The molecule has 8 heteroatoms. The summed E-state index contributed by atoms with van der Waals surface area (Å²) in [6, 6.07) is 18.9. The zero-order valence-corrected chi connectivity index (χ0v) is 20.9. The number of halogens is 2. The Bertz CT molecular complexity index is 1280. The van der Waals surface area contributed by atoms with Crippen LogP contribution < -0.4 is 9.47 Å². The molecule has 0 atom stereocenters. The van der Waals surface area contributed by atoms with Crippen LogP contribution in [0.15, 0.2) is 76.6 Å². The third kappa shape index (κ3) is 6.05.